The Bertz CT molecular complexity index is 1100. The zero-order valence-corrected chi connectivity index (χ0v) is 20.2. The van der Waals surface area contributed by atoms with E-state index >= 15 is 0 Å². The first-order valence-corrected chi connectivity index (χ1v) is 13.2. The predicted octanol–water partition coefficient (Wildman–Crippen LogP) is 2.84. The second-order valence-electron chi connectivity index (χ2n) is 8.66. The molecule has 1 amide bonds. The molecule has 1 N–H and O–H groups in total. The van der Waals surface area contributed by atoms with Crippen LogP contribution >= 0.6 is 0 Å². The molecule has 1 saturated heterocycles. The Morgan fingerprint density at radius 1 is 1.15 bits per heavy atom. The fraction of sp³-hybridized carbons (Fsp3) is 0.480. The zero-order valence-electron chi connectivity index (χ0n) is 19.4. The van der Waals surface area contributed by atoms with E-state index in [-0.39, 0.29) is 10.8 Å². The predicted molar refractivity (Wildman–Crippen MR) is 129 cm³/mol. The molecule has 4 rings (SSSR count). The van der Waals surface area contributed by atoms with Crippen molar-refractivity contribution in [3.8, 4) is 0 Å². The number of ether oxygens (including phenoxy) is 1. The molecule has 2 heterocycles. The number of nitrogens with one attached hydrogen (secondary N) is 1. The van der Waals surface area contributed by atoms with Gasteiger partial charge in [-0.25, -0.2) is 8.42 Å². The molecule has 0 radical (unpaired) electrons. The maximum Gasteiger partial charge on any atom is 0.251 e. The highest BCUT2D eigenvalue weighted by molar-refractivity contribution is 7.89. The maximum absolute atomic E-state index is 13.2. The molecule has 0 unspecified atom stereocenters. The van der Waals surface area contributed by atoms with Gasteiger partial charge < -0.3 is 15.0 Å². The van der Waals surface area contributed by atoms with Gasteiger partial charge in [0.25, 0.3) is 5.91 Å². The molecule has 2 aliphatic heterocycles. The van der Waals surface area contributed by atoms with Crippen molar-refractivity contribution in [1.29, 1.82) is 0 Å². The number of para-hydroxylation sites is 1. The van der Waals surface area contributed by atoms with Gasteiger partial charge in [0.15, 0.2) is 0 Å². The molecule has 7 nitrogen and oxygen atoms in total. The molecule has 33 heavy (non-hydrogen) atoms. The fourth-order valence-electron chi connectivity index (χ4n) is 4.65. The first-order chi connectivity index (χ1) is 15.9. The van der Waals surface area contributed by atoms with Gasteiger partial charge in [0, 0.05) is 43.5 Å². The smallest absolute Gasteiger partial charge is 0.251 e. The van der Waals surface area contributed by atoms with Gasteiger partial charge in [0.05, 0.1) is 18.1 Å². The van der Waals surface area contributed by atoms with Gasteiger partial charge in [0.2, 0.25) is 10.0 Å². The van der Waals surface area contributed by atoms with Crippen molar-refractivity contribution in [3.63, 3.8) is 0 Å². The number of carbonyl (C=O) groups is 1. The van der Waals surface area contributed by atoms with E-state index in [4.69, 9.17) is 4.74 Å². The molecule has 178 valence electrons. The van der Waals surface area contributed by atoms with Gasteiger partial charge in [0.1, 0.15) is 0 Å². The number of fused-ring (bicyclic) bond motifs is 1. The number of amides is 1. The van der Waals surface area contributed by atoms with Crippen LogP contribution in [0.5, 0.6) is 0 Å². The number of hydrogen-bond donors (Lipinski definition) is 1. The van der Waals surface area contributed by atoms with E-state index in [9.17, 15) is 13.2 Å². The zero-order chi connectivity index (χ0) is 23.4. The van der Waals surface area contributed by atoms with E-state index in [0.717, 1.165) is 18.4 Å². The Hall–Kier alpha value is -2.42. The average molecular weight is 472 g/mol. The summed E-state index contributed by atoms with van der Waals surface area (Å²) in [6.07, 6.45) is 2.74. The Kier molecular flexibility index (Phi) is 7.36. The quantitative estimate of drug-likeness (QED) is 0.672. The molecule has 0 aliphatic carbocycles. The second kappa shape index (κ2) is 10.2. The van der Waals surface area contributed by atoms with Crippen LogP contribution in [0.4, 0.5) is 5.69 Å². The molecule has 1 atom stereocenters. The number of carbonyl (C=O) groups excluding carboxylic acids is 1. The number of sulfonamides is 1. The monoisotopic (exact) mass is 471 g/mol. The minimum atomic E-state index is -3.67. The molecule has 2 aromatic rings. The summed E-state index contributed by atoms with van der Waals surface area (Å²) in [7, 11) is -3.67. The van der Waals surface area contributed by atoms with Crippen molar-refractivity contribution in [3.05, 3.63) is 59.2 Å². The van der Waals surface area contributed by atoms with Gasteiger partial charge in [-0.1, -0.05) is 31.2 Å². The first-order valence-electron chi connectivity index (χ1n) is 11.8. The Morgan fingerprint density at radius 2 is 1.91 bits per heavy atom. The Morgan fingerprint density at radius 3 is 2.67 bits per heavy atom. The highest BCUT2D eigenvalue weighted by Crippen LogP contribution is 2.30. The van der Waals surface area contributed by atoms with Gasteiger partial charge in [-0.05, 0) is 55.5 Å². The molecule has 0 saturated carbocycles. The third kappa shape index (κ3) is 5.08. The van der Waals surface area contributed by atoms with Crippen molar-refractivity contribution < 1.29 is 17.9 Å². The third-order valence-electron chi connectivity index (χ3n) is 6.60. The SMILES string of the molecule is CCc1ccc(C(=O)NCCN2c3ccccc3CC[C@H]2C)cc1S(=O)(=O)N1CCOCC1. The lowest BCUT2D eigenvalue weighted by molar-refractivity contribution is 0.0730. The number of benzene rings is 2. The van der Waals surface area contributed by atoms with Crippen molar-refractivity contribution >= 4 is 21.6 Å². The van der Waals surface area contributed by atoms with Crippen molar-refractivity contribution in [2.24, 2.45) is 0 Å². The molecule has 2 aromatic carbocycles. The van der Waals surface area contributed by atoms with E-state index in [1.807, 2.05) is 13.0 Å². The van der Waals surface area contributed by atoms with Crippen LogP contribution in [0.3, 0.4) is 0 Å². The van der Waals surface area contributed by atoms with E-state index in [1.165, 1.54) is 21.6 Å². The minimum Gasteiger partial charge on any atom is -0.379 e. The van der Waals surface area contributed by atoms with Crippen LogP contribution < -0.4 is 10.2 Å². The fourth-order valence-corrected chi connectivity index (χ4v) is 6.37. The van der Waals surface area contributed by atoms with Crippen LogP contribution in [0.15, 0.2) is 47.4 Å². The summed E-state index contributed by atoms with van der Waals surface area (Å²) in [4.78, 5) is 15.5. The lowest BCUT2D eigenvalue weighted by Crippen LogP contribution is -2.42. The largest absolute Gasteiger partial charge is 0.379 e. The van der Waals surface area contributed by atoms with Crippen LogP contribution in [0, 0.1) is 0 Å². The van der Waals surface area contributed by atoms with Crippen molar-refractivity contribution in [1.82, 2.24) is 9.62 Å². The number of anilines is 1. The van der Waals surface area contributed by atoms with Crippen molar-refractivity contribution in [2.75, 3.05) is 44.3 Å². The van der Waals surface area contributed by atoms with E-state index in [2.05, 4.69) is 35.3 Å². The summed E-state index contributed by atoms with van der Waals surface area (Å²) in [6.45, 7) is 6.76. The van der Waals surface area contributed by atoms with Crippen LogP contribution in [0.2, 0.25) is 0 Å². The highest BCUT2D eigenvalue weighted by atomic mass is 32.2. The first kappa shape index (κ1) is 23.7. The maximum atomic E-state index is 13.2. The minimum absolute atomic E-state index is 0.220. The summed E-state index contributed by atoms with van der Waals surface area (Å²) in [6, 6.07) is 13.8. The molecule has 1 fully saturated rings. The van der Waals surface area contributed by atoms with E-state index in [1.54, 1.807) is 12.1 Å². The Labute approximate surface area is 196 Å². The van der Waals surface area contributed by atoms with Crippen LogP contribution in [0.25, 0.3) is 0 Å². The summed E-state index contributed by atoms with van der Waals surface area (Å²) in [5, 5.41) is 2.98. The number of rotatable bonds is 7. The van der Waals surface area contributed by atoms with Gasteiger partial charge >= 0.3 is 0 Å². The third-order valence-corrected chi connectivity index (χ3v) is 8.58. The number of nitrogens with zero attached hydrogens (tertiary/aromatic N) is 2. The molecule has 0 spiro atoms. The Balaban J connectivity index is 1.46. The molecular formula is C25H33N3O4S. The standard InChI is InChI=1S/C25H33N3O4S/c1-3-20-10-11-22(18-24(20)33(30,31)27-14-16-32-17-15-27)25(29)26-12-13-28-19(2)8-9-21-6-4-5-7-23(21)28/h4-7,10-11,18-19H,3,8-9,12-17H2,1-2H3,(H,26,29)/t19-/m1/s1. The molecule has 8 heteroatoms. The average Bonchev–Trinajstić information content (AvgIpc) is 2.85. The van der Waals surface area contributed by atoms with E-state index in [0.29, 0.717) is 57.4 Å². The van der Waals surface area contributed by atoms with E-state index < -0.39 is 10.0 Å². The van der Waals surface area contributed by atoms with Crippen LogP contribution in [0.1, 0.15) is 41.8 Å². The lowest BCUT2D eigenvalue weighted by Gasteiger charge is -2.37. The summed E-state index contributed by atoms with van der Waals surface area (Å²) < 4.78 is 33.2. The van der Waals surface area contributed by atoms with Gasteiger partial charge in [-0.15, -0.1) is 0 Å². The lowest BCUT2D eigenvalue weighted by atomic mass is 9.97. The summed E-state index contributed by atoms with van der Waals surface area (Å²) >= 11 is 0. The number of morpholine rings is 1. The molecule has 2 aliphatic rings. The van der Waals surface area contributed by atoms with Gasteiger partial charge in [-0.2, -0.15) is 4.31 Å². The second-order valence-corrected chi connectivity index (χ2v) is 10.6. The molecular weight excluding hydrogens is 438 g/mol. The van der Waals surface area contributed by atoms with Crippen LogP contribution in [-0.4, -0.2) is 64.1 Å². The number of hydrogen-bond acceptors (Lipinski definition) is 5. The normalized spacial score (nSPS) is 19.2. The van der Waals surface area contributed by atoms with Crippen molar-refractivity contribution in [2.45, 2.75) is 44.0 Å². The molecule has 0 aromatic heterocycles. The van der Waals surface area contributed by atoms with Gasteiger partial charge in [-0.3, -0.25) is 4.79 Å². The summed E-state index contributed by atoms with van der Waals surface area (Å²) in [5.74, 6) is -0.256. The number of aryl methyl sites for hydroxylation is 2. The topological polar surface area (TPSA) is 79.0 Å². The molecule has 0 bridgehead atoms. The summed E-state index contributed by atoms with van der Waals surface area (Å²) in [5.41, 5.74) is 3.66. The highest BCUT2D eigenvalue weighted by Gasteiger charge is 2.29. The van der Waals surface area contributed by atoms with Crippen LogP contribution in [-0.2, 0) is 27.6 Å².